The Morgan fingerprint density at radius 1 is 1.45 bits per heavy atom. The molecule has 0 heterocycles. The molecule has 0 atom stereocenters. The van der Waals surface area contributed by atoms with Crippen LogP contribution in [0.1, 0.15) is 49.4 Å². The number of carbonyl (C=O) groups is 1. The summed E-state index contributed by atoms with van der Waals surface area (Å²) in [6, 6.07) is 9.37. The number of carbonyl (C=O) groups excluding carboxylic acids is 1. The number of benzene rings is 1. The molecule has 0 spiro atoms. The van der Waals surface area contributed by atoms with Crippen LogP contribution in [0, 0.1) is 11.3 Å². The summed E-state index contributed by atoms with van der Waals surface area (Å²) in [6.45, 7) is 2.67. The fourth-order valence-electron chi connectivity index (χ4n) is 2.48. The summed E-state index contributed by atoms with van der Waals surface area (Å²) in [7, 11) is 0. The molecule has 1 N–H and O–H groups in total. The van der Waals surface area contributed by atoms with E-state index in [1.807, 2.05) is 13.0 Å². The van der Waals surface area contributed by atoms with Crippen molar-refractivity contribution < 1.29 is 9.53 Å². The Bertz CT molecular complexity index is 513. The molecular weight excluding hydrogens is 252 g/mol. The number of nitrogens with zero attached hydrogens (tertiary/aromatic N) is 1. The van der Waals surface area contributed by atoms with Crippen LogP contribution in [-0.4, -0.2) is 18.1 Å². The molecule has 0 saturated heterocycles. The fourth-order valence-corrected chi connectivity index (χ4v) is 2.48. The molecule has 0 bridgehead atoms. The number of ether oxygens (including phenoxy) is 1. The van der Waals surface area contributed by atoms with Gasteiger partial charge in [-0.1, -0.05) is 13.0 Å². The van der Waals surface area contributed by atoms with Crippen LogP contribution in [0.5, 0.6) is 5.75 Å². The summed E-state index contributed by atoms with van der Waals surface area (Å²) in [4.78, 5) is 12.3. The molecule has 4 nitrogen and oxygen atoms in total. The summed E-state index contributed by atoms with van der Waals surface area (Å²) in [5.74, 6) is 0.493. The zero-order valence-electron chi connectivity index (χ0n) is 11.8. The second-order valence-corrected chi connectivity index (χ2v) is 5.23. The van der Waals surface area contributed by atoms with Crippen molar-refractivity contribution in [1.29, 1.82) is 5.26 Å². The summed E-state index contributed by atoms with van der Waals surface area (Å²) in [6.07, 6.45) is 4.39. The van der Waals surface area contributed by atoms with Crippen LogP contribution in [0.15, 0.2) is 24.3 Å². The molecule has 1 aliphatic rings. The lowest BCUT2D eigenvalue weighted by molar-refractivity contribution is 0.0920. The second kappa shape index (κ2) is 6.42. The number of amides is 1. The predicted octanol–water partition coefficient (Wildman–Crippen LogP) is 3.04. The first kappa shape index (κ1) is 14.4. The minimum absolute atomic E-state index is 0.199. The number of nitrogens with one attached hydrogen (secondary N) is 1. The van der Waals surface area contributed by atoms with Gasteiger partial charge in [-0.25, -0.2) is 0 Å². The van der Waals surface area contributed by atoms with Crippen molar-refractivity contribution in [2.45, 2.75) is 44.6 Å². The SMILES string of the molecule is CCCOc1cccc(C(=O)NC2(C#N)CCCC2)c1. The standard InChI is InChI=1S/C16H20N2O2/c1-2-10-20-14-7-5-6-13(11-14)15(19)18-16(12-17)8-3-4-9-16/h5-7,11H,2-4,8-10H2,1H3,(H,18,19). The van der Waals surface area contributed by atoms with Gasteiger partial charge in [0.25, 0.3) is 5.91 Å². The third-order valence-electron chi connectivity index (χ3n) is 3.59. The quantitative estimate of drug-likeness (QED) is 0.896. The molecule has 106 valence electrons. The van der Waals surface area contributed by atoms with Gasteiger partial charge >= 0.3 is 0 Å². The lowest BCUT2D eigenvalue weighted by Crippen LogP contribution is -2.45. The summed E-state index contributed by atoms with van der Waals surface area (Å²) >= 11 is 0. The highest BCUT2D eigenvalue weighted by atomic mass is 16.5. The number of hydrogen-bond acceptors (Lipinski definition) is 3. The highest BCUT2D eigenvalue weighted by molar-refractivity contribution is 5.95. The van der Waals surface area contributed by atoms with Crippen LogP contribution in [0.4, 0.5) is 0 Å². The Morgan fingerprint density at radius 3 is 2.85 bits per heavy atom. The summed E-state index contributed by atoms with van der Waals surface area (Å²) < 4.78 is 5.52. The highest BCUT2D eigenvalue weighted by Crippen LogP contribution is 2.29. The highest BCUT2D eigenvalue weighted by Gasteiger charge is 2.35. The molecule has 1 amide bonds. The molecule has 0 aromatic heterocycles. The Labute approximate surface area is 119 Å². The third-order valence-corrected chi connectivity index (χ3v) is 3.59. The van der Waals surface area contributed by atoms with Gasteiger partial charge in [-0.15, -0.1) is 0 Å². The van der Waals surface area contributed by atoms with Crippen molar-refractivity contribution >= 4 is 5.91 Å². The van der Waals surface area contributed by atoms with Crippen LogP contribution in [0.25, 0.3) is 0 Å². The van der Waals surface area contributed by atoms with Crippen LogP contribution >= 0.6 is 0 Å². The van der Waals surface area contributed by atoms with Crippen molar-refractivity contribution in [2.75, 3.05) is 6.61 Å². The van der Waals surface area contributed by atoms with Gasteiger partial charge in [0.1, 0.15) is 11.3 Å². The van der Waals surface area contributed by atoms with E-state index in [1.165, 1.54) is 0 Å². The maximum atomic E-state index is 12.3. The first-order chi connectivity index (χ1) is 9.69. The van der Waals surface area contributed by atoms with Gasteiger partial charge in [0.2, 0.25) is 0 Å². The lowest BCUT2D eigenvalue weighted by atomic mass is 9.99. The fraction of sp³-hybridized carbons (Fsp3) is 0.500. The van der Waals surface area contributed by atoms with E-state index in [2.05, 4.69) is 11.4 Å². The first-order valence-corrected chi connectivity index (χ1v) is 7.16. The summed E-state index contributed by atoms with van der Waals surface area (Å²) in [5.41, 5.74) is -0.141. The van der Waals surface area contributed by atoms with Crippen molar-refractivity contribution in [1.82, 2.24) is 5.32 Å². The largest absolute Gasteiger partial charge is 0.494 e. The Kier molecular flexibility index (Phi) is 4.62. The van der Waals surface area contributed by atoms with E-state index in [1.54, 1.807) is 18.2 Å². The Morgan fingerprint density at radius 2 is 2.20 bits per heavy atom. The van der Waals surface area contributed by atoms with Gasteiger partial charge < -0.3 is 10.1 Å². The molecule has 1 aliphatic carbocycles. The third kappa shape index (κ3) is 3.30. The Balaban J connectivity index is 2.07. The van der Waals surface area contributed by atoms with Crippen LogP contribution in [-0.2, 0) is 0 Å². The average Bonchev–Trinajstić information content (AvgIpc) is 2.94. The van der Waals surface area contributed by atoms with Gasteiger partial charge in [0.05, 0.1) is 12.7 Å². The van der Waals surface area contributed by atoms with E-state index >= 15 is 0 Å². The molecule has 20 heavy (non-hydrogen) atoms. The van der Waals surface area contributed by atoms with Gasteiger partial charge in [0, 0.05) is 5.56 Å². The molecule has 0 radical (unpaired) electrons. The topological polar surface area (TPSA) is 62.1 Å². The molecule has 1 aromatic rings. The first-order valence-electron chi connectivity index (χ1n) is 7.16. The maximum absolute atomic E-state index is 12.3. The Hall–Kier alpha value is -2.02. The monoisotopic (exact) mass is 272 g/mol. The minimum Gasteiger partial charge on any atom is -0.494 e. The molecular formula is C16H20N2O2. The van der Waals surface area contributed by atoms with Crippen LogP contribution in [0.3, 0.4) is 0 Å². The molecule has 0 aliphatic heterocycles. The number of nitriles is 1. The van der Waals surface area contributed by atoms with E-state index in [0.717, 1.165) is 32.1 Å². The van der Waals surface area contributed by atoms with Crippen molar-refractivity contribution in [3.05, 3.63) is 29.8 Å². The molecule has 0 unspecified atom stereocenters. The average molecular weight is 272 g/mol. The van der Waals surface area contributed by atoms with E-state index in [-0.39, 0.29) is 5.91 Å². The zero-order valence-corrected chi connectivity index (χ0v) is 11.8. The van der Waals surface area contributed by atoms with Crippen LogP contribution in [0.2, 0.25) is 0 Å². The van der Waals surface area contributed by atoms with Gasteiger partial charge in [-0.2, -0.15) is 5.26 Å². The maximum Gasteiger partial charge on any atom is 0.252 e. The predicted molar refractivity (Wildman–Crippen MR) is 76.5 cm³/mol. The van der Waals surface area contributed by atoms with Gasteiger partial charge in [-0.3, -0.25) is 4.79 Å². The van der Waals surface area contributed by atoms with E-state index in [9.17, 15) is 10.1 Å². The van der Waals surface area contributed by atoms with Gasteiger partial charge in [-0.05, 0) is 50.3 Å². The van der Waals surface area contributed by atoms with E-state index in [4.69, 9.17) is 4.74 Å². The molecule has 1 fully saturated rings. The smallest absolute Gasteiger partial charge is 0.252 e. The molecule has 4 heteroatoms. The van der Waals surface area contributed by atoms with Crippen molar-refractivity contribution in [2.24, 2.45) is 0 Å². The minimum atomic E-state index is -0.683. The molecule has 1 aromatic carbocycles. The van der Waals surface area contributed by atoms with E-state index in [0.29, 0.717) is 17.9 Å². The molecule has 1 saturated carbocycles. The normalized spacial score (nSPS) is 16.4. The number of rotatable bonds is 5. The zero-order chi connectivity index (χ0) is 14.4. The van der Waals surface area contributed by atoms with Crippen molar-refractivity contribution in [3.63, 3.8) is 0 Å². The van der Waals surface area contributed by atoms with Crippen LogP contribution < -0.4 is 10.1 Å². The number of hydrogen-bond donors (Lipinski definition) is 1. The van der Waals surface area contributed by atoms with Crippen molar-refractivity contribution in [3.8, 4) is 11.8 Å². The molecule has 2 rings (SSSR count). The van der Waals surface area contributed by atoms with Gasteiger partial charge in [0.15, 0.2) is 0 Å². The lowest BCUT2D eigenvalue weighted by Gasteiger charge is -2.22. The summed E-state index contributed by atoms with van der Waals surface area (Å²) in [5, 5.41) is 12.2. The second-order valence-electron chi connectivity index (χ2n) is 5.23. The van der Waals surface area contributed by atoms with E-state index < -0.39 is 5.54 Å².